The molecule has 0 aliphatic rings. The van der Waals surface area contributed by atoms with E-state index in [1.165, 1.54) is 4.34 Å². The predicted octanol–water partition coefficient (Wildman–Crippen LogP) is 2.15. The quantitative estimate of drug-likeness (QED) is 0.757. The fraction of sp³-hybridized carbons (Fsp3) is 0.625. The van der Waals surface area contributed by atoms with E-state index >= 15 is 0 Å². The maximum absolute atomic E-state index is 4.39. The molecule has 1 aromatic heterocycles. The van der Waals surface area contributed by atoms with Crippen molar-refractivity contribution in [1.29, 1.82) is 0 Å². The molecule has 1 aromatic rings. The molecule has 68 valence electrons. The fourth-order valence-electron chi connectivity index (χ4n) is 0.888. The molecule has 0 spiro atoms. The Balaban J connectivity index is 2.41. The second-order valence-corrected chi connectivity index (χ2v) is 5.28. The van der Waals surface area contributed by atoms with Gasteiger partial charge in [0.05, 0.1) is 0 Å². The van der Waals surface area contributed by atoms with Crippen molar-refractivity contribution in [2.24, 2.45) is 0 Å². The number of aryl methyl sites for hydroxylation is 1. The van der Waals surface area contributed by atoms with Gasteiger partial charge in [-0.2, -0.15) is 0 Å². The second kappa shape index (κ2) is 4.84. The lowest BCUT2D eigenvalue weighted by Gasteiger charge is -2.06. The number of hydrogen-bond donors (Lipinski definition) is 1. The third-order valence-electron chi connectivity index (χ3n) is 1.39. The van der Waals surface area contributed by atoms with Gasteiger partial charge in [-0.05, 0) is 14.0 Å². The largest absolute Gasteiger partial charge is 0.319 e. The molecule has 0 amide bonds. The first kappa shape index (κ1) is 10.0. The van der Waals surface area contributed by atoms with Crippen LogP contribution >= 0.6 is 23.1 Å². The summed E-state index contributed by atoms with van der Waals surface area (Å²) in [5, 5.41) is 5.84. The van der Waals surface area contributed by atoms with Crippen LogP contribution in [0.25, 0.3) is 0 Å². The average Bonchev–Trinajstić information content (AvgIpc) is 2.36. The van der Waals surface area contributed by atoms with Gasteiger partial charge in [-0.25, -0.2) is 4.98 Å². The van der Waals surface area contributed by atoms with Gasteiger partial charge < -0.3 is 5.32 Å². The summed E-state index contributed by atoms with van der Waals surface area (Å²) in [5.74, 6) is 0. The van der Waals surface area contributed by atoms with Crippen LogP contribution in [0.4, 0.5) is 0 Å². The zero-order chi connectivity index (χ0) is 8.97. The molecule has 0 saturated heterocycles. The van der Waals surface area contributed by atoms with Gasteiger partial charge in [0.25, 0.3) is 0 Å². The van der Waals surface area contributed by atoms with E-state index in [-0.39, 0.29) is 0 Å². The third-order valence-corrected chi connectivity index (χ3v) is 3.58. The van der Waals surface area contributed by atoms with Crippen molar-refractivity contribution >= 4 is 23.1 Å². The van der Waals surface area contributed by atoms with Gasteiger partial charge >= 0.3 is 0 Å². The van der Waals surface area contributed by atoms with Crippen LogP contribution in [0.15, 0.2) is 9.72 Å². The Kier molecular flexibility index (Phi) is 4.05. The number of nitrogens with zero attached hydrogens (tertiary/aromatic N) is 1. The van der Waals surface area contributed by atoms with Crippen LogP contribution in [0.5, 0.6) is 0 Å². The molecule has 1 N–H and O–H groups in total. The molecule has 1 atom stereocenters. The molecule has 12 heavy (non-hydrogen) atoms. The topological polar surface area (TPSA) is 24.9 Å². The Morgan fingerprint density at radius 2 is 2.50 bits per heavy atom. The smallest absolute Gasteiger partial charge is 0.150 e. The van der Waals surface area contributed by atoms with Crippen LogP contribution in [-0.2, 0) is 0 Å². The maximum Gasteiger partial charge on any atom is 0.150 e. The summed E-state index contributed by atoms with van der Waals surface area (Å²) in [5.41, 5.74) is 1.12. The summed E-state index contributed by atoms with van der Waals surface area (Å²) in [6.07, 6.45) is 0. The Morgan fingerprint density at radius 3 is 3.00 bits per heavy atom. The monoisotopic (exact) mass is 202 g/mol. The summed E-state index contributed by atoms with van der Waals surface area (Å²) in [6, 6.07) is 0. The third kappa shape index (κ3) is 3.13. The standard InChI is InChI=1S/C8H14N2S2/c1-6-5-11-8(10-6)12-7(2)4-9-3/h5,7,9H,4H2,1-3H3. The number of thiazole rings is 1. The Hall–Kier alpha value is -0.0600. The average molecular weight is 202 g/mol. The van der Waals surface area contributed by atoms with Crippen molar-refractivity contribution in [1.82, 2.24) is 10.3 Å². The van der Waals surface area contributed by atoms with E-state index in [0.717, 1.165) is 12.2 Å². The van der Waals surface area contributed by atoms with Crippen LogP contribution in [0, 0.1) is 6.92 Å². The van der Waals surface area contributed by atoms with E-state index < -0.39 is 0 Å². The van der Waals surface area contributed by atoms with Crippen molar-refractivity contribution in [2.75, 3.05) is 13.6 Å². The molecule has 1 rings (SSSR count). The SMILES string of the molecule is CNCC(C)Sc1nc(C)cs1. The minimum Gasteiger partial charge on any atom is -0.319 e. The van der Waals surface area contributed by atoms with Crippen molar-refractivity contribution in [3.8, 4) is 0 Å². The number of aromatic nitrogens is 1. The molecular formula is C8H14N2S2. The van der Waals surface area contributed by atoms with Gasteiger partial charge in [0, 0.05) is 22.9 Å². The van der Waals surface area contributed by atoms with Crippen molar-refractivity contribution < 1.29 is 0 Å². The molecular weight excluding hydrogens is 188 g/mol. The number of nitrogens with one attached hydrogen (secondary N) is 1. The lowest BCUT2D eigenvalue weighted by Crippen LogP contribution is -2.17. The summed E-state index contributed by atoms with van der Waals surface area (Å²) >= 11 is 3.56. The summed E-state index contributed by atoms with van der Waals surface area (Å²) < 4.78 is 1.18. The molecule has 0 saturated carbocycles. The van der Waals surface area contributed by atoms with E-state index in [1.54, 1.807) is 11.3 Å². The zero-order valence-corrected chi connectivity index (χ0v) is 9.26. The molecule has 0 fully saturated rings. The maximum atomic E-state index is 4.39. The predicted molar refractivity (Wildman–Crippen MR) is 56.1 cm³/mol. The van der Waals surface area contributed by atoms with Crippen LogP contribution in [0.3, 0.4) is 0 Å². The van der Waals surface area contributed by atoms with Gasteiger partial charge in [-0.1, -0.05) is 18.7 Å². The molecule has 0 aromatic carbocycles. The van der Waals surface area contributed by atoms with E-state index in [0.29, 0.717) is 5.25 Å². The molecule has 0 aliphatic heterocycles. The van der Waals surface area contributed by atoms with Gasteiger partial charge in [0.15, 0.2) is 0 Å². The first-order valence-corrected chi connectivity index (χ1v) is 5.71. The van der Waals surface area contributed by atoms with E-state index in [1.807, 2.05) is 25.7 Å². The summed E-state index contributed by atoms with van der Waals surface area (Å²) in [6.45, 7) is 5.27. The van der Waals surface area contributed by atoms with E-state index in [4.69, 9.17) is 0 Å². The van der Waals surface area contributed by atoms with Crippen LogP contribution in [0.1, 0.15) is 12.6 Å². The molecule has 4 heteroatoms. The lowest BCUT2D eigenvalue weighted by atomic mass is 10.5. The second-order valence-electron chi connectivity index (χ2n) is 2.74. The van der Waals surface area contributed by atoms with E-state index in [9.17, 15) is 0 Å². The summed E-state index contributed by atoms with van der Waals surface area (Å²) in [4.78, 5) is 4.39. The first-order chi connectivity index (χ1) is 5.72. The van der Waals surface area contributed by atoms with Gasteiger partial charge in [-0.15, -0.1) is 11.3 Å². The number of rotatable bonds is 4. The minimum atomic E-state index is 0.598. The normalized spacial score (nSPS) is 13.2. The molecule has 0 bridgehead atoms. The highest BCUT2D eigenvalue weighted by Gasteiger charge is 2.05. The number of thioether (sulfide) groups is 1. The van der Waals surface area contributed by atoms with Gasteiger partial charge in [-0.3, -0.25) is 0 Å². The lowest BCUT2D eigenvalue weighted by molar-refractivity contribution is 0.784. The zero-order valence-electron chi connectivity index (χ0n) is 7.63. The van der Waals surface area contributed by atoms with Crippen LogP contribution < -0.4 is 5.32 Å². The molecule has 2 nitrogen and oxygen atoms in total. The van der Waals surface area contributed by atoms with Crippen molar-refractivity contribution in [3.63, 3.8) is 0 Å². The molecule has 0 radical (unpaired) electrons. The van der Waals surface area contributed by atoms with Crippen molar-refractivity contribution in [3.05, 3.63) is 11.1 Å². The minimum absolute atomic E-state index is 0.598. The fourth-order valence-corrected chi connectivity index (χ4v) is 3.06. The van der Waals surface area contributed by atoms with Crippen LogP contribution in [-0.4, -0.2) is 23.8 Å². The van der Waals surface area contributed by atoms with Gasteiger partial charge in [0.2, 0.25) is 0 Å². The summed E-state index contributed by atoms with van der Waals surface area (Å²) in [7, 11) is 1.98. The highest BCUT2D eigenvalue weighted by Crippen LogP contribution is 2.25. The highest BCUT2D eigenvalue weighted by molar-refractivity contribution is 8.01. The highest BCUT2D eigenvalue weighted by atomic mass is 32.2. The number of hydrogen-bond acceptors (Lipinski definition) is 4. The Morgan fingerprint density at radius 1 is 1.75 bits per heavy atom. The van der Waals surface area contributed by atoms with E-state index in [2.05, 4.69) is 22.6 Å². The van der Waals surface area contributed by atoms with Crippen LogP contribution in [0.2, 0.25) is 0 Å². The Bertz CT molecular complexity index is 235. The molecule has 1 heterocycles. The first-order valence-electron chi connectivity index (χ1n) is 3.95. The van der Waals surface area contributed by atoms with Gasteiger partial charge in [0.1, 0.15) is 4.34 Å². The molecule has 1 unspecified atom stereocenters. The molecule has 0 aliphatic carbocycles. The van der Waals surface area contributed by atoms with Crippen molar-refractivity contribution in [2.45, 2.75) is 23.4 Å². The Labute approximate surface area is 81.8 Å².